The molecule has 2 N–H and O–H groups in total. The molecule has 19 heavy (non-hydrogen) atoms. The molecule has 1 amide bonds. The number of anilines is 1. The molecule has 5 nitrogen and oxygen atoms in total. The van der Waals surface area contributed by atoms with Crippen molar-refractivity contribution in [2.45, 2.75) is 26.3 Å². The van der Waals surface area contributed by atoms with Crippen LogP contribution < -0.4 is 10.2 Å². The number of aromatic carboxylic acids is 1. The van der Waals surface area contributed by atoms with Gasteiger partial charge in [0.05, 0.1) is 12.1 Å². The molecule has 0 spiro atoms. The van der Waals surface area contributed by atoms with Crippen molar-refractivity contribution in [2.75, 3.05) is 18.5 Å². The van der Waals surface area contributed by atoms with Gasteiger partial charge in [-0.25, -0.2) is 4.79 Å². The van der Waals surface area contributed by atoms with E-state index in [2.05, 4.69) is 12.2 Å². The van der Waals surface area contributed by atoms with E-state index in [-0.39, 0.29) is 18.0 Å². The average molecular weight is 264 g/mol. The highest BCUT2D eigenvalue weighted by Gasteiger charge is 2.12. The molecule has 1 aromatic rings. The highest BCUT2D eigenvalue weighted by Crippen LogP contribution is 2.13. The molecule has 0 aromatic heterocycles. The van der Waals surface area contributed by atoms with Gasteiger partial charge in [0.25, 0.3) is 0 Å². The van der Waals surface area contributed by atoms with E-state index in [0.29, 0.717) is 11.7 Å². The minimum absolute atomic E-state index is 0.0524. The first-order valence-corrected chi connectivity index (χ1v) is 6.29. The van der Waals surface area contributed by atoms with Gasteiger partial charge in [0.2, 0.25) is 5.91 Å². The maximum absolute atomic E-state index is 11.9. The summed E-state index contributed by atoms with van der Waals surface area (Å²) in [5.41, 5.74) is 0.892. The van der Waals surface area contributed by atoms with E-state index < -0.39 is 5.97 Å². The summed E-state index contributed by atoms with van der Waals surface area (Å²) in [6, 6.07) is 6.54. The summed E-state index contributed by atoms with van der Waals surface area (Å²) in [4.78, 5) is 24.2. The summed E-state index contributed by atoms with van der Waals surface area (Å²) < 4.78 is 0. The van der Waals surface area contributed by atoms with Gasteiger partial charge in [0.15, 0.2) is 0 Å². The number of carboxylic acid groups (broad SMARTS) is 1. The van der Waals surface area contributed by atoms with Crippen LogP contribution in [0.1, 0.15) is 30.6 Å². The van der Waals surface area contributed by atoms with Crippen LogP contribution in [-0.2, 0) is 4.79 Å². The summed E-state index contributed by atoms with van der Waals surface area (Å²) in [7, 11) is 1.68. The fourth-order valence-corrected chi connectivity index (χ4v) is 1.50. The number of nitrogens with one attached hydrogen (secondary N) is 1. The zero-order valence-electron chi connectivity index (χ0n) is 11.5. The topological polar surface area (TPSA) is 69.6 Å². The first kappa shape index (κ1) is 15.2. The number of carbonyl (C=O) groups is 2. The summed E-state index contributed by atoms with van der Waals surface area (Å²) in [6.45, 7) is 4.34. The Labute approximate surface area is 113 Å². The Bertz CT molecular complexity index is 443. The van der Waals surface area contributed by atoms with E-state index in [4.69, 9.17) is 5.11 Å². The largest absolute Gasteiger partial charge is 0.478 e. The lowest BCUT2D eigenvalue weighted by Crippen LogP contribution is -2.38. The van der Waals surface area contributed by atoms with E-state index in [1.54, 1.807) is 19.2 Å². The van der Waals surface area contributed by atoms with Crippen molar-refractivity contribution in [1.29, 1.82) is 0 Å². The Hall–Kier alpha value is -1.88. The van der Waals surface area contributed by atoms with E-state index in [1.807, 2.05) is 6.92 Å². The van der Waals surface area contributed by atoms with Gasteiger partial charge in [-0.2, -0.15) is 0 Å². The predicted octanol–water partition coefficient (Wildman–Crippen LogP) is 1.74. The molecule has 0 saturated carbocycles. The number of nitrogens with zero attached hydrogens (tertiary/aromatic N) is 1. The monoisotopic (exact) mass is 264 g/mol. The van der Waals surface area contributed by atoms with Crippen molar-refractivity contribution >= 4 is 17.6 Å². The highest BCUT2D eigenvalue weighted by molar-refractivity contribution is 5.95. The summed E-state index contributed by atoms with van der Waals surface area (Å²) in [5, 5.41) is 11.9. The van der Waals surface area contributed by atoms with Gasteiger partial charge in [-0.05, 0) is 37.6 Å². The van der Waals surface area contributed by atoms with Crippen molar-refractivity contribution < 1.29 is 14.7 Å². The fourth-order valence-electron chi connectivity index (χ4n) is 1.50. The highest BCUT2D eigenvalue weighted by atomic mass is 16.4. The van der Waals surface area contributed by atoms with Crippen LogP contribution >= 0.6 is 0 Å². The molecule has 0 heterocycles. The lowest BCUT2D eigenvalue weighted by atomic mass is 10.2. The Kier molecular flexibility index (Phi) is 5.51. The molecular weight excluding hydrogens is 244 g/mol. The number of likely N-dealkylation sites (N-methyl/N-ethyl adjacent to an activating group) is 1. The third kappa shape index (κ3) is 4.37. The zero-order chi connectivity index (χ0) is 14.4. The SMILES string of the molecule is CCC(C)NCC(=O)N(C)c1ccc(C(=O)O)cc1. The van der Waals surface area contributed by atoms with Crippen molar-refractivity contribution in [2.24, 2.45) is 0 Å². The lowest BCUT2D eigenvalue weighted by Gasteiger charge is -2.19. The van der Waals surface area contributed by atoms with Gasteiger partial charge in [-0.1, -0.05) is 6.92 Å². The van der Waals surface area contributed by atoms with Crippen LogP contribution in [0, 0.1) is 0 Å². The molecule has 0 radical (unpaired) electrons. The molecule has 5 heteroatoms. The second-order valence-electron chi connectivity index (χ2n) is 4.49. The van der Waals surface area contributed by atoms with Crippen LogP contribution in [0.4, 0.5) is 5.69 Å². The molecule has 104 valence electrons. The first-order chi connectivity index (χ1) is 8.95. The third-order valence-electron chi connectivity index (χ3n) is 3.09. The molecular formula is C14H20N2O3. The van der Waals surface area contributed by atoms with Crippen molar-refractivity contribution in [3.05, 3.63) is 29.8 Å². The van der Waals surface area contributed by atoms with Crippen molar-refractivity contribution in [3.8, 4) is 0 Å². The van der Waals surface area contributed by atoms with Crippen molar-refractivity contribution in [1.82, 2.24) is 5.32 Å². The number of amides is 1. The smallest absolute Gasteiger partial charge is 0.335 e. The van der Waals surface area contributed by atoms with Crippen molar-refractivity contribution in [3.63, 3.8) is 0 Å². The maximum atomic E-state index is 11.9. The van der Waals surface area contributed by atoms with Crippen LogP contribution in [0.3, 0.4) is 0 Å². The van der Waals surface area contributed by atoms with Crippen LogP contribution in [0.25, 0.3) is 0 Å². The minimum atomic E-state index is -0.973. The lowest BCUT2D eigenvalue weighted by molar-refractivity contribution is -0.117. The third-order valence-corrected chi connectivity index (χ3v) is 3.09. The molecule has 0 bridgehead atoms. The Balaban J connectivity index is 2.63. The number of benzene rings is 1. The second kappa shape index (κ2) is 6.89. The minimum Gasteiger partial charge on any atom is -0.478 e. The van der Waals surface area contributed by atoms with Crippen LogP contribution in [-0.4, -0.2) is 36.6 Å². The van der Waals surface area contributed by atoms with Gasteiger partial charge in [0.1, 0.15) is 0 Å². The molecule has 0 saturated heterocycles. The van der Waals surface area contributed by atoms with Gasteiger partial charge < -0.3 is 15.3 Å². The Morgan fingerprint density at radius 1 is 1.32 bits per heavy atom. The maximum Gasteiger partial charge on any atom is 0.335 e. The zero-order valence-corrected chi connectivity index (χ0v) is 11.5. The van der Waals surface area contributed by atoms with E-state index in [1.165, 1.54) is 17.0 Å². The van der Waals surface area contributed by atoms with Crippen LogP contribution in [0.15, 0.2) is 24.3 Å². The number of carbonyl (C=O) groups excluding carboxylic acids is 1. The predicted molar refractivity (Wildman–Crippen MR) is 74.6 cm³/mol. The second-order valence-corrected chi connectivity index (χ2v) is 4.49. The molecule has 1 rings (SSSR count). The Morgan fingerprint density at radius 2 is 1.89 bits per heavy atom. The molecule has 1 unspecified atom stereocenters. The number of hydrogen-bond acceptors (Lipinski definition) is 3. The van der Waals surface area contributed by atoms with E-state index in [0.717, 1.165) is 6.42 Å². The summed E-state index contributed by atoms with van der Waals surface area (Å²) in [6.07, 6.45) is 0.963. The molecule has 1 aromatic carbocycles. The fraction of sp³-hybridized carbons (Fsp3) is 0.429. The summed E-state index contributed by atoms with van der Waals surface area (Å²) >= 11 is 0. The quantitative estimate of drug-likeness (QED) is 0.821. The summed E-state index contributed by atoms with van der Waals surface area (Å²) in [5.74, 6) is -1.03. The average Bonchev–Trinajstić information content (AvgIpc) is 2.43. The molecule has 1 atom stereocenters. The molecule has 0 aliphatic heterocycles. The first-order valence-electron chi connectivity index (χ1n) is 6.29. The van der Waals surface area contributed by atoms with E-state index >= 15 is 0 Å². The van der Waals surface area contributed by atoms with Gasteiger partial charge in [0, 0.05) is 18.8 Å². The normalized spacial score (nSPS) is 11.9. The standard InChI is InChI=1S/C14H20N2O3/c1-4-10(2)15-9-13(17)16(3)12-7-5-11(6-8-12)14(18)19/h5-8,10,15H,4,9H2,1-3H3,(H,18,19). The van der Waals surface area contributed by atoms with Gasteiger partial charge in [-0.3, -0.25) is 4.79 Å². The van der Waals surface area contributed by atoms with Crippen LogP contribution in [0.5, 0.6) is 0 Å². The molecule has 0 aliphatic carbocycles. The number of hydrogen-bond donors (Lipinski definition) is 2. The Morgan fingerprint density at radius 3 is 2.37 bits per heavy atom. The van der Waals surface area contributed by atoms with E-state index in [9.17, 15) is 9.59 Å². The number of carboxylic acids is 1. The number of rotatable bonds is 6. The van der Waals surface area contributed by atoms with Gasteiger partial charge >= 0.3 is 5.97 Å². The van der Waals surface area contributed by atoms with Gasteiger partial charge in [-0.15, -0.1) is 0 Å². The van der Waals surface area contributed by atoms with Crippen LogP contribution in [0.2, 0.25) is 0 Å². The molecule has 0 aliphatic rings. The molecule has 0 fully saturated rings.